The molecule has 0 aromatic heterocycles. The molecule has 2 aromatic rings. The molecular formula is C19H24FN3. The number of nitrogens with zero attached hydrogens (tertiary/aromatic N) is 2. The van der Waals surface area contributed by atoms with Crippen molar-refractivity contribution in [3.05, 3.63) is 65.5 Å². The van der Waals surface area contributed by atoms with E-state index in [1.54, 1.807) is 12.1 Å². The maximum atomic E-state index is 13.1. The van der Waals surface area contributed by atoms with Crippen LogP contribution in [-0.2, 0) is 13.1 Å². The first-order valence-electron chi connectivity index (χ1n) is 8.18. The van der Waals surface area contributed by atoms with Gasteiger partial charge >= 0.3 is 0 Å². The van der Waals surface area contributed by atoms with Gasteiger partial charge in [-0.05, 0) is 42.4 Å². The van der Waals surface area contributed by atoms with Crippen LogP contribution in [0.15, 0.2) is 48.5 Å². The molecule has 1 saturated heterocycles. The second kappa shape index (κ2) is 7.57. The molecule has 1 N–H and O–H groups in total. The van der Waals surface area contributed by atoms with Crippen LogP contribution in [0.4, 0.5) is 10.1 Å². The molecule has 1 aliphatic rings. The Kier molecular flexibility index (Phi) is 5.26. The van der Waals surface area contributed by atoms with Crippen molar-refractivity contribution in [3.8, 4) is 0 Å². The molecule has 0 amide bonds. The molecule has 0 atom stereocenters. The van der Waals surface area contributed by atoms with Gasteiger partial charge in [0.2, 0.25) is 0 Å². The lowest BCUT2D eigenvalue weighted by atomic mass is 10.1. The van der Waals surface area contributed by atoms with E-state index in [0.717, 1.165) is 38.3 Å². The summed E-state index contributed by atoms with van der Waals surface area (Å²) in [6.07, 6.45) is 0. The smallest absolute Gasteiger partial charge is 0.123 e. The highest BCUT2D eigenvalue weighted by atomic mass is 19.1. The van der Waals surface area contributed by atoms with Gasteiger partial charge in [-0.25, -0.2) is 4.39 Å². The standard InChI is InChI=1S/C19H24FN3/c1-22-9-11-23(12-10-22)19-7-5-16(6-8-19)14-21-15-17-3-2-4-18(20)13-17/h2-8,13,21H,9-12,14-15H2,1H3. The van der Waals surface area contributed by atoms with E-state index >= 15 is 0 Å². The Balaban J connectivity index is 1.49. The number of nitrogens with one attached hydrogen (secondary N) is 1. The van der Waals surface area contributed by atoms with Crippen molar-refractivity contribution in [1.29, 1.82) is 0 Å². The van der Waals surface area contributed by atoms with Gasteiger partial charge in [-0.2, -0.15) is 0 Å². The van der Waals surface area contributed by atoms with Crippen molar-refractivity contribution >= 4 is 5.69 Å². The monoisotopic (exact) mass is 313 g/mol. The van der Waals surface area contributed by atoms with Gasteiger partial charge in [-0.1, -0.05) is 24.3 Å². The van der Waals surface area contributed by atoms with Crippen molar-refractivity contribution in [2.24, 2.45) is 0 Å². The fraction of sp³-hybridized carbons (Fsp3) is 0.368. The molecule has 3 rings (SSSR count). The maximum Gasteiger partial charge on any atom is 0.123 e. The number of halogens is 1. The molecule has 1 fully saturated rings. The minimum absolute atomic E-state index is 0.180. The Morgan fingerprint density at radius 2 is 1.61 bits per heavy atom. The number of likely N-dealkylation sites (N-methyl/N-ethyl adjacent to an activating group) is 1. The minimum Gasteiger partial charge on any atom is -0.369 e. The highest BCUT2D eigenvalue weighted by Gasteiger charge is 2.13. The van der Waals surface area contributed by atoms with Crippen LogP contribution in [0.25, 0.3) is 0 Å². The SMILES string of the molecule is CN1CCN(c2ccc(CNCc3cccc(F)c3)cc2)CC1. The third kappa shape index (κ3) is 4.53. The predicted molar refractivity (Wildman–Crippen MR) is 93.1 cm³/mol. The van der Waals surface area contributed by atoms with E-state index in [0.29, 0.717) is 6.54 Å². The molecule has 2 aromatic carbocycles. The second-order valence-electron chi connectivity index (χ2n) is 6.19. The highest BCUT2D eigenvalue weighted by molar-refractivity contribution is 5.48. The summed E-state index contributed by atoms with van der Waals surface area (Å²) in [4.78, 5) is 4.80. The average Bonchev–Trinajstić information content (AvgIpc) is 2.56. The van der Waals surface area contributed by atoms with E-state index < -0.39 is 0 Å². The molecule has 1 aliphatic heterocycles. The molecule has 122 valence electrons. The highest BCUT2D eigenvalue weighted by Crippen LogP contribution is 2.17. The summed E-state index contributed by atoms with van der Waals surface area (Å²) in [5.74, 6) is -0.180. The molecule has 4 heteroatoms. The molecule has 0 saturated carbocycles. The largest absolute Gasteiger partial charge is 0.369 e. The summed E-state index contributed by atoms with van der Waals surface area (Å²) < 4.78 is 13.1. The summed E-state index contributed by atoms with van der Waals surface area (Å²) in [7, 11) is 2.17. The summed E-state index contributed by atoms with van der Waals surface area (Å²) in [6.45, 7) is 5.90. The normalized spacial score (nSPS) is 15.8. The predicted octanol–water partition coefficient (Wildman–Crippen LogP) is 2.87. The number of hydrogen-bond acceptors (Lipinski definition) is 3. The van der Waals surface area contributed by atoms with Crippen LogP contribution < -0.4 is 10.2 Å². The Bertz CT molecular complexity index is 619. The number of benzene rings is 2. The third-order valence-electron chi connectivity index (χ3n) is 4.35. The summed E-state index contributed by atoms with van der Waals surface area (Å²) >= 11 is 0. The third-order valence-corrected chi connectivity index (χ3v) is 4.35. The first-order chi connectivity index (χ1) is 11.2. The lowest BCUT2D eigenvalue weighted by molar-refractivity contribution is 0.313. The van der Waals surface area contributed by atoms with Gasteiger partial charge in [0.1, 0.15) is 5.82 Å². The van der Waals surface area contributed by atoms with Gasteiger partial charge in [0, 0.05) is 45.0 Å². The molecule has 0 unspecified atom stereocenters. The van der Waals surface area contributed by atoms with Crippen LogP contribution >= 0.6 is 0 Å². The lowest BCUT2D eigenvalue weighted by Crippen LogP contribution is -2.44. The van der Waals surface area contributed by atoms with Gasteiger partial charge in [0.05, 0.1) is 0 Å². The Morgan fingerprint density at radius 1 is 0.913 bits per heavy atom. The van der Waals surface area contributed by atoms with E-state index in [9.17, 15) is 4.39 Å². The first kappa shape index (κ1) is 16.0. The first-order valence-corrected chi connectivity index (χ1v) is 8.18. The van der Waals surface area contributed by atoms with Gasteiger partial charge in [0.15, 0.2) is 0 Å². The summed E-state index contributed by atoms with van der Waals surface area (Å²) in [5.41, 5.74) is 3.52. The van der Waals surface area contributed by atoms with E-state index in [1.165, 1.54) is 17.3 Å². The summed E-state index contributed by atoms with van der Waals surface area (Å²) in [5, 5.41) is 3.36. The zero-order valence-corrected chi connectivity index (χ0v) is 13.6. The van der Waals surface area contributed by atoms with E-state index in [4.69, 9.17) is 0 Å². The zero-order valence-electron chi connectivity index (χ0n) is 13.6. The number of rotatable bonds is 5. The Hall–Kier alpha value is -1.91. The van der Waals surface area contributed by atoms with Crippen molar-refractivity contribution in [1.82, 2.24) is 10.2 Å². The minimum atomic E-state index is -0.180. The number of piperazine rings is 1. The van der Waals surface area contributed by atoms with Crippen molar-refractivity contribution in [2.45, 2.75) is 13.1 Å². The van der Waals surface area contributed by atoms with Crippen LogP contribution in [0.3, 0.4) is 0 Å². The fourth-order valence-corrected chi connectivity index (χ4v) is 2.89. The van der Waals surface area contributed by atoms with Gasteiger partial charge in [0.25, 0.3) is 0 Å². The van der Waals surface area contributed by atoms with Gasteiger partial charge < -0.3 is 15.1 Å². The van der Waals surface area contributed by atoms with Crippen LogP contribution in [-0.4, -0.2) is 38.1 Å². The second-order valence-corrected chi connectivity index (χ2v) is 6.19. The topological polar surface area (TPSA) is 18.5 Å². The fourth-order valence-electron chi connectivity index (χ4n) is 2.89. The summed E-state index contributed by atoms with van der Waals surface area (Å²) in [6, 6.07) is 15.5. The Morgan fingerprint density at radius 3 is 2.30 bits per heavy atom. The van der Waals surface area contributed by atoms with E-state index in [1.807, 2.05) is 6.07 Å². The van der Waals surface area contributed by atoms with Crippen LogP contribution in [0.1, 0.15) is 11.1 Å². The Labute approximate surface area is 137 Å². The van der Waals surface area contributed by atoms with Crippen molar-refractivity contribution in [2.75, 3.05) is 38.1 Å². The molecule has 0 spiro atoms. The quantitative estimate of drug-likeness (QED) is 0.916. The molecule has 3 nitrogen and oxygen atoms in total. The van der Waals surface area contributed by atoms with Gasteiger partial charge in [-0.15, -0.1) is 0 Å². The molecule has 0 radical (unpaired) electrons. The van der Waals surface area contributed by atoms with Crippen LogP contribution in [0, 0.1) is 5.82 Å². The van der Waals surface area contributed by atoms with E-state index in [2.05, 4.69) is 46.4 Å². The lowest BCUT2D eigenvalue weighted by Gasteiger charge is -2.34. The van der Waals surface area contributed by atoms with Crippen LogP contribution in [0.5, 0.6) is 0 Å². The van der Waals surface area contributed by atoms with Crippen molar-refractivity contribution in [3.63, 3.8) is 0 Å². The van der Waals surface area contributed by atoms with Crippen molar-refractivity contribution < 1.29 is 4.39 Å². The molecule has 23 heavy (non-hydrogen) atoms. The molecule has 0 bridgehead atoms. The number of hydrogen-bond donors (Lipinski definition) is 1. The maximum absolute atomic E-state index is 13.1. The average molecular weight is 313 g/mol. The molecule has 0 aliphatic carbocycles. The molecular weight excluding hydrogens is 289 g/mol. The molecule has 1 heterocycles. The van der Waals surface area contributed by atoms with E-state index in [-0.39, 0.29) is 5.82 Å². The van der Waals surface area contributed by atoms with Gasteiger partial charge in [-0.3, -0.25) is 0 Å². The zero-order chi connectivity index (χ0) is 16.1. The van der Waals surface area contributed by atoms with Crippen LogP contribution in [0.2, 0.25) is 0 Å². The number of anilines is 1.